The molecule has 2 amide bonds. The van der Waals surface area contributed by atoms with Gasteiger partial charge in [-0.15, -0.1) is 0 Å². The molecule has 1 heterocycles. The molecule has 1 N–H and O–H groups in total. The third-order valence-corrected chi connectivity index (χ3v) is 7.16. The summed E-state index contributed by atoms with van der Waals surface area (Å²) in [5, 5.41) is 3.38. The summed E-state index contributed by atoms with van der Waals surface area (Å²) < 4.78 is 5.50. The second-order valence-corrected chi connectivity index (χ2v) is 11.5. The van der Waals surface area contributed by atoms with Crippen molar-refractivity contribution in [3.05, 3.63) is 60.2 Å². The zero-order chi connectivity index (χ0) is 25.8. The zero-order valence-electron chi connectivity index (χ0n) is 22.6. The number of carbonyl (C=O) groups is 2. The number of hydrogen-bond donors (Lipinski definition) is 1. The molecule has 1 aromatic rings. The quantitative estimate of drug-likeness (QED) is 0.367. The number of amides is 2. The van der Waals surface area contributed by atoms with Gasteiger partial charge in [0, 0.05) is 25.6 Å². The van der Waals surface area contributed by atoms with Crippen molar-refractivity contribution in [3.63, 3.8) is 0 Å². The lowest BCUT2D eigenvalue weighted by Gasteiger charge is -2.33. The number of likely N-dealkylation sites (tertiary alicyclic amines) is 1. The number of allylic oxidation sites excluding steroid dienone is 4. The zero-order valence-corrected chi connectivity index (χ0v) is 22.6. The van der Waals surface area contributed by atoms with E-state index in [0.29, 0.717) is 31.3 Å². The molecule has 0 aromatic heterocycles. The average molecular weight is 495 g/mol. The van der Waals surface area contributed by atoms with E-state index in [1.807, 2.05) is 20.8 Å². The van der Waals surface area contributed by atoms with Crippen molar-refractivity contribution in [2.24, 2.45) is 11.8 Å². The maximum atomic E-state index is 13.0. The monoisotopic (exact) mass is 494 g/mol. The van der Waals surface area contributed by atoms with Crippen LogP contribution in [0.15, 0.2) is 54.6 Å². The van der Waals surface area contributed by atoms with Crippen LogP contribution in [0.25, 0.3) is 0 Å². The van der Waals surface area contributed by atoms with Crippen LogP contribution in [0.2, 0.25) is 0 Å². The molecule has 2 unspecified atom stereocenters. The first kappa shape index (κ1) is 28.0. The first-order valence-electron chi connectivity index (χ1n) is 13.9. The Labute approximate surface area is 218 Å². The van der Waals surface area contributed by atoms with Crippen LogP contribution in [0.3, 0.4) is 0 Å². The summed E-state index contributed by atoms with van der Waals surface area (Å²) in [6.45, 7) is 7.00. The van der Waals surface area contributed by atoms with Crippen LogP contribution in [0, 0.1) is 11.8 Å². The number of benzene rings is 1. The van der Waals surface area contributed by atoms with Crippen molar-refractivity contribution in [3.8, 4) is 0 Å². The molecular weight excluding hydrogens is 448 g/mol. The van der Waals surface area contributed by atoms with Gasteiger partial charge in [0.25, 0.3) is 0 Å². The first-order chi connectivity index (χ1) is 17.3. The van der Waals surface area contributed by atoms with Crippen LogP contribution in [0.5, 0.6) is 0 Å². The second kappa shape index (κ2) is 14.2. The Kier molecular flexibility index (Phi) is 11.1. The molecule has 0 bridgehead atoms. The minimum Gasteiger partial charge on any atom is -0.444 e. The maximum absolute atomic E-state index is 13.0. The van der Waals surface area contributed by atoms with Crippen molar-refractivity contribution in [2.75, 3.05) is 13.1 Å². The lowest BCUT2D eigenvalue weighted by Crippen LogP contribution is -2.43. The Balaban J connectivity index is 1.43. The minimum atomic E-state index is -0.479. The van der Waals surface area contributed by atoms with Crippen LogP contribution < -0.4 is 5.32 Å². The number of hydrogen-bond acceptors (Lipinski definition) is 3. The highest BCUT2D eigenvalue weighted by Gasteiger charge is 2.28. The van der Waals surface area contributed by atoms with Crippen LogP contribution >= 0.6 is 0 Å². The van der Waals surface area contributed by atoms with Gasteiger partial charge in [-0.3, -0.25) is 4.79 Å². The largest absolute Gasteiger partial charge is 0.444 e. The van der Waals surface area contributed by atoms with Gasteiger partial charge in [0.05, 0.1) is 0 Å². The van der Waals surface area contributed by atoms with Gasteiger partial charge in [-0.25, -0.2) is 4.79 Å². The third kappa shape index (κ3) is 10.6. The topological polar surface area (TPSA) is 58.6 Å². The summed E-state index contributed by atoms with van der Waals surface area (Å²) in [4.78, 5) is 27.1. The SMILES string of the molecule is CC(C)(C)OC(=O)N1CCC(CC(=O)NC(CCCc2ccccc2)CCCC2C=CC=CC2)CC1. The highest BCUT2D eigenvalue weighted by Crippen LogP contribution is 2.23. The molecule has 0 saturated carbocycles. The molecular formula is C31H46N2O3. The fourth-order valence-electron chi connectivity index (χ4n) is 5.15. The van der Waals surface area contributed by atoms with E-state index in [1.54, 1.807) is 4.90 Å². The van der Waals surface area contributed by atoms with Crippen molar-refractivity contribution in [1.29, 1.82) is 0 Å². The molecule has 3 rings (SSSR count). The van der Waals surface area contributed by atoms with Crippen molar-refractivity contribution >= 4 is 12.0 Å². The molecule has 1 aliphatic carbocycles. The number of rotatable bonds is 11. The van der Waals surface area contributed by atoms with Crippen LogP contribution in [-0.4, -0.2) is 41.6 Å². The fraction of sp³-hybridized carbons (Fsp3) is 0.613. The fourth-order valence-corrected chi connectivity index (χ4v) is 5.15. The van der Waals surface area contributed by atoms with Gasteiger partial charge < -0.3 is 15.0 Å². The molecule has 1 fully saturated rings. The molecule has 5 nitrogen and oxygen atoms in total. The van der Waals surface area contributed by atoms with E-state index in [0.717, 1.165) is 51.4 Å². The number of ether oxygens (including phenoxy) is 1. The van der Waals surface area contributed by atoms with Gasteiger partial charge in [-0.1, -0.05) is 61.1 Å². The Morgan fingerprint density at radius 3 is 2.44 bits per heavy atom. The summed E-state index contributed by atoms with van der Waals surface area (Å²) in [5.41, 5.74) is 0.881. The van der Waals surface area contributed by atoms with Crippen LogP contribution in [0.1, 0.15) is 84.1 Å². The van der Waals surface area contributed by atoms with E-state index in [9.17, 15) is 9.59 Å². The molecule has 36 heavy (non-hydrogen) atoms. The summed E-state index contributed by atoms with van der Waals surface area (Å²) >= 11 is 0. The summed E-state index contributed by atoms with van der Waals surface area (Å²) in [6, 6.07) is 10.8. The van der Waals surface area contributed by atoms with Crippen LogP contribution in [0.4, 0.5) is 4.79 Å². The maximum Gasteiger partial charge on any atom is 0.410 e. The third-order valence-electron chi connectivity index (χ3n) is 7.16. The summed E-state index contributed by atoms with van der Waals surface area (Å²) in [6.07, 6.45) is 18.5. The van der Waals surface area contributed by atoms with E-state index in [4.69, 9.17) is 4.74 Å². The average Bonchev–Trinajstić information content (AvgIpc) is 2.84. The highest BCUT2D eigenvalue weighted by atomic mass is 16.6. The number of aryl methyl sites for hydroxylation is 1. The lowest BCUT2D eigenvalue weighted by atomic mass is 9.91. The molecule has 2 atom stereocenters. The molecule has 1 saturated heterocycles. The Morgan fingerprint density at radius 1 is 1.06 bits per heavy atom. The molecule has 1 aliphatic heterocycles. The molecule has 198 valence electrons. The Morgan fingerprint density at radius 2 is 1.78 bits per heavy atom. The lowest BCUT2D eigenvalue weighted by molar-refractivity contribution is -0.123. The molecule has 0 radical (unpaired) electrons. The Bertz CT molecular complexity index is 864. The van der Waals surface area contributed by atoms with Gasteiger partial charge in [0.15, 0.2) is 0 Å². The van der Waals surface area contributed by atoms with Gasteiger partial charge in [-0.2, -0.15) is 0 Å². The van der Waals surface area contributed by atoms with Crippen molar-refractivity contribution in [1.82, 2.24) is 10.2 Å². The number of carbonyl (C=O) groups excluding carboxylic acids is 2. The standard InChI is InChI=1S/C31H46N2O3/c1-31(2,3)36-30(35)33-22-20-27(21-23-33)24-29(34)32-28(18-10-16-25-12-6-4-7-13-25)19-11-17-26-14-8-5-9-15-26/h4-9,12-14,26-28H,10-11,15-24H2,1-3H3,(H,32,34). The first-order valence-corrected chi connectivity index (χ1v) is 13.9. The van der Waals surface area contributed by atoms with Crippen molar-refractivity contribution < 1.29 is 14.3 Å². The summed E-state index contributed by atoms with van der Waals surface area (Å²) in [5.74, 6) is 1.12. The predicted molar refractivity (Wildman–Crippen MR) is 147 cm³/mol. The van der Waals surface area contributed by atoms with Gasteiger partial charge in [0.2, 0.25) is 5.91 Å². The minimum absolute atomic E-state index is 0.163. The van der Waals surface area contributed by atoms with Crippen LogP contribution in [-0.2, 0) is 16.0 Å². The number of nitrogens with one attached hydrogen (secondary N) is 1. The summed E-state index contributed by atoms with van der Waals surface area (Å²) in [7, 11) is 0. The normalized spacial score (nSPS) is 19.2. The van der Waals surface area contributed by atoms with E-state index in [1.165, 1.54) is 12.0 Å². The van der Waals surface area contributed by atoms with Gasteiger partial charge >= 0.3 is 6.09 Å². The van der Waals surface area contributed by atoms with E-state index < -0.39 is 5.60 Å². The molecule has 1 aromatic carbocycles. The van der Waals surface area contributed by atoms with Gasteiger partial charge in [-0.05, 0) is 89.5 Å². The van der Waals surface area contributed by atoms with E-state index in [2.05, 4.69) is 60.0 Å². The number of piperidine rings is 1. The second-order valence-electron chi connectivity index (χ2n) is 11.5. The Hall–Kier alpha value is -2.56. The smallest absolute Gasteiger partial charge is 0.410 e. The number of nitrogens with zero attached hydrogens (tertiary/aromatic N) is 1. The predicted octanol–water partition coefficient (Wildman–Crippen LogP) is 6.83. The van der Waals surface area contributed by atoms with E-state index in [-0.39, 0.29) is 18.0 Å². The van der Waals surface area contributed by atoms with Gasteiger partial charge in [0.1, 0.15) is 5.60 Å². The van der Waals surface area contributed by atoms with E-state index >= 15 is 0 Å². The molecule has 2 aliphatic rings. The highest BCUT2D eigenvalue weighted by molar-refractivity contribution is 5.76. The molecule has 5 heteroatoms. The molecule has 0 spiro atoms. The van der Waals surface area contributed by atoms with Crippen molar-refractivity contribution in [2.45, 2.75) is 96.6 Å².